The van der Waals surface area contributed by atoms with E-state index in [0.29, 0.717) is 30.9 Å². The molecule has 9 heteroatoms. The summed E-state index contributed by atoms with van der Waals surface area (Å²) in [7, 11) is 1.52. The number of thiocarbonyl (C=S) groups is 1. The molecule has 0 atom stereocenters. The molecular weight excluding hydrogens is 512 g/mol. The fourth-order valence-corrected chi connectivity index (χ4v) is 5.11. The van der Waals surface area contributed by atoms with Crippen LogP contribution in [0.15, 0.2) is 45.8 Å². The zero-order valence-electron chi connectivity index (χ0n) is 18.1. The Labute approximate surface area is 205 Å². The maximum atomic E-state index is 12.7. The number of hydrogen-bond donors (Lipinski definition) is 1. The summed E-state index contributed by atoms with van der Waals surface area (Å²) >= 11 is 10.1. The first-order valence-electron chi connectivity index (χ1n) is 9.83. The lowest BCUT2D eigenvalue weighted by molar-refractivity contribution is -0.123. The number of halogens is 1. The minimum Gasteiger partial charge on any atom is -0.493 e. The number of benzene rings is 2. The van der Waals surface area contributed by atoms with Crippen molar-refractivity contribution >= 4 is 67.8 Å². The van der Waals surface area contributed by atoms with E-state index < -0.39 is 0 Å². The highest BCUT2D eigenvalue weighted by Gasteiger charge is 2.33. The van der Waals surface area contributed by atoms with Gasteiger partial charge in [0, 0.05) is 11.7 Å². The number of ether oxygens (including phenoxy) is 2. The fraction of sp³-hybridized carbons (Fsp3) is 0.261. The molecule has 2 aromatic rings. The molecule has 0 radical (unpaired) electrons. The van der Waals surface area contributed by atoms with Crippen LogP contribution >= 0.6 is 39.9 Å². The Morgan fingerprint density at radius 3 is 2.56 bits per heavy atom. The van der Waals surface area contributed by atoms with Crippen LogP contribution in [0.1, 0.15) is 25.0 Å². The molecule has 6 nitrogen and oxygen atoms in total. The molecule has 1 aliphatic heterocycles. The zero-order valence-corrected chi connectivity index (χ0v) is 21.3. The van der Waals surface area contributed by atoms with Gasteiger partial charge in [-0.2, -0.15) is 0 Å². The third-order valence-electron chi connectivity index (χ3n) is 4.57. The second kappa shape index (κ2) is 10.5. The molecule has 168 valence electrons. The molecule has 0 saturated carbocycles. The van der Waals surface area contributed by atoms with Crippen LogP contribution in [0, 0.1) is 6.92 Å². The molecule has 0 aromatic heterocycles. The van der Waals surface area contributed by atoms with E-state index >= 15 is 0 Å². The molecule has 1 fully saturated rings. The smallest absolute Gasteiger partial charge is 0.266 e. The predicted molar refractivity (Wildman–Crippen MR) is 136 cm³/mol. The lowest BCUT2D eigenvalue weighted by atomic mass is 10.1. The van der Waals surface area contributed by atoms with Gasteiger partial charge in [-0.1, -0.05) is 41.7 Å². The summed E-state index contributed by atoms with van der Waals surface area (Å²) in [4.78, 5) is 27.1. The van der Waals surface area contributed by atoms with Gasteiger partial charge in [-0.3, -0.25) is 14.5 Å². The number of carbonyl (C=O) groups is 2. The van der Waals surface area contributed by atoms with E-state index in [1.165, 1.54) is 18.9 Å². The second-order valence-electron chi connectivity index (χ2n) is 7.38. The van der Waals surface area contributed by atoms with Crippen molar-refractivity contribution < 1.29 is 19.1 Å². The summed E-state index contributed by atoms with van der Waals surface area (Å²) in [5.74, 6) is 0.439. The van der Waals surface area contributed by atoms with Gasteiger partial charge in [0.05, 0.1) is 16.5 Å². The number of hydrogen-bond acceptors (Lipinski definition) is 6. The Hall–Kier alpha value is -2.36. The average molecular weight is 535 g/mol. The minimum absolute atomic E-state index is 0.00324. The molecular formula is C23H23BrN2O4S2. The number of thioether (sulfide) groups is 1. The zero-order chi connectivity index (χ0) is 23.4. The summed E-state index contributed by atoms with van der Waals surface area (Å²) in [6, 6.07) is 11.1. The van der Waals surface area contributed by atoms with Crippen molar-refractivity contribution in [2.75, 3.05) is 19.0 Å². The summed E-state index contributed by atoms with van der Waals surface area (Å²) < 4.78 is 12.3. The van der Waals surface area contributed by atoms with E-state index in [-0.39, 0.29) is 24.5 Å². The Morgan fingerprint density at radius 1 is 1.28 bits per heavy atom. The maximum Gasteiger partial charge on any atom is 0.266 e. The molecule has 0 aliphatic carbocycles. The van der Waals surface area contributed by atoms with Gasteiger partial charge in [0.1, 0.15) is 4.32 Å². The monoisotopic (exact) mass is 534 g/mol. The highest BCUT2D eigenvalue weighted by molar-refractivity contribution is 9.10. The third kappa shape index (κ3) is 5.70. The van der Waals surface area contributed by atoms with Crippen LogP contribution in [0.2, 0.25) is 0 Å². The van der Waals surface area contributed by atoms with Crippen LogP contribution in [0.25, 0.3) is 6.08 Å². The van der Waals surface area contributed by atoms with Gasteiger partial charge >= 0.3 is 0 Å². The molecule has 1 aliphatic rings. The van der Waals surface area contributed by atoms with Crippen LogP contribution in [0.5, 0.6) is 11.5 Å². The lowest BCUT2D eigenvalue weighted by Crippen LogP contribution is -2.34. The molecule has 1 saturated heterocycles. The van der Waals surface area contributed by atoms with Crippen molar-refractivity contribution in [2.45, 2.75) is 26.8 Å². The van der Waals surface area contributed by atoms with E-state index in [9.17, 15) is 9.59 Å². The van der Waals surface area contributed by atoms with Gasteiger partial charge in [0.25, 0.3) is 11.8 Å². The van der Waals surface area contributed by atoms with Gasteiger partial charge in [0.15, 0.2) is 18.1 Å². The van der Waals surface area contributed by atoms with Crippen molar-refractivity contribution in [3.8, 4) is 11.5 Å². The van der Waals surface area contributed by atoms with Gasteiger partial charge < -0.3 is 14.8 Å². The van der Waals surface area contributed by atoms with Gasteiger partial charge in [0.2, 0.25) is 0 Å². The van der Waals surface area contributed by atoms with Crippen LogP contribution in [0.3, 0.4) is 0 Å². The third-order valence-corrected chi connectivity index (χ3v) is 6.49. The highest BCUT2D eigenvalue weighted by Crippen LogP contribution is 2.39. The molecule has 0 spiro atoms. The van der Waals surface area contributed by atoms with E-state index in [1.54, 1.807) is 23.1 Å². The quantitative estimate of drug-likeness (QED) is 0.379. The molecule has 32 heavy (non-hydrogen) atoms. The van der Waals surface area contributed by atoms with E-state index in [0.717, 1.165) is 11.1 Å². The first-order valence-corrected chi connectivity index (χ1v) is 11.8. The van der Waals surface area contributed by atoms with Crippen LogP contribution in [0.4, 0.5) is 5.69 Å². The van der Waals surface area contributed by atoms with Crippen molar-refractivity contribution in [1.82, 2.24) is 4.90 Å². The van der Waals surface area contributed by atoms with E-state index in [1.807, 2.05) is 45.0 Å². The normalized spacial score (nSPS) is 14.9. The predicted octanol–water partition coefficient (Wildman–Crippen LogP) is 5.39. The lowest BCUT2D eigenvalue weighted by Gasteiger charge is -2.18. The highest BCUT2D eigenvalue weighted by atomic mass is 79.9. The molecule has 0 bridgehead atoms. The Balaban J connectivity index is 1.74. The number of nitrogens with one attached hydrogen (secondary N) is 1. The fourth-order valence-electron chi connectivity index (χ4n) is 3.01. The average Bonchev–Trinajstić information content (AvgIpc) is 3.01. The summed E-state index contributed by atoms with van der Waals surface area (Å²) in [6.45, 7) is 5.64. The second-order valence-corrected chi connectivity index (χ2v) is 9.91. The number of aryl methyl sites for hydroxylation is 1. The van der Waals surface area contributed by atoms with Crippen molar-refractivity contribution in [3.63, 3.8) is 0 Å². The molecule has 3 rings (SSSR count). The molecule has 2 amide bonds. The van der Waals surface area contributed by atoms with E-state index in [2.05, 4.69) is 21.2 Å². The topological polar surface area (TPSA) is 67.9 Å². The number of carbonyl (C=O) groups excluding carboxylic acids is 2. The number of rotatable bonds is 7. The Morgan fingerprint density at radius 2 is 1.97 bits per heavy atom. The van der Waals surface area contributed by atoms with Crippen molar-refractivity contribution in [1.29, 1.82) is 0 Å². The standard InChI is InChI=1S/C23H23BrN2O4S2/c1-13(2)26-22(28)19(32-23(26)31)11-15-9-17(24)21(18(10-15)29-4)30-12-20(27)25-16-7-5-14(3)6-8-16/h5-11,13H,12H2,1-4H3,(H,25,27)/b19-11-. The number of methoxy groups -OCH3 is 1. The summed E-state index contributed by atoms with van der Waals surface area (Å²) in [5.41, 5.74) is 2.55. The van der Waals surface area contributed by atoms with Crippen LogP contribution in [-0.2, 0) is 9.59 Å². The molecule has 1 heterocycles. The minimum atomic E-state index is -0.288. The van der Waals surface area contributed by atoms with Crippen molar-refractivity contribution in [3.05, 3.63) is 56.9 Å². The number of nitrogens with zero attached hydrogens (tertiary/aromatic N) is 1. The first kappa shape index (κ1) is 24.3. The van der Waals surface area contributed by atoms with Crippen LogP contribution < -0.4 is 14.8 Å². The van der Waals surface area contributed by atoms with Gasteiger partial charge in [-0.15, -0.1) is 0 Å². The molecule has 1 N–H and O–H groups in total. The number of anilines is 1. The molecule has 0 unspecified atom stereocenters. The van der Waals surface area contributed by atoms with E-state index in [4.69, 9.17) is 21.7 Å². The Kier molecular flexibility index (Phi) is 7.97. The van der Waals surface area contributed by atoms with Crippen molar-refractivity contribution in [2.24, 2.45) is 0 Å². The van der Waals surface area contributed by atoms with Gasteiger partial charge in [-0.05, 0) is 72.6 Å². The van der Waals surface area contributed by atoms with Crippen LogP contribution in [-0.4, -0.2) is 40.8 Å². The summed E-state index contributed by atoms with van der Waals surface area (Å²) in [6.07, 6.45) is 1.77. The number of amides is 2. The first-order chi connectivity index (χ1) is 15.2. The largest absolute Gasteiger partial charge is 0.493 e. The van der Waals surface area contributed by atoms with Gasteiger partial charge in [-0.25, -0.2) is 0 Å². The Bertz CT molecular complexity index is 1080. The summed E-state index contributed by atoms with van der Waals surface area (Å²) in [5, 5.41) is 2.79. The maximum absolute atomic E-state index is 12.7. The SMILES string of the molecule is COc1cc(/C=C2\SC(=S)N(C(C)C)C2=O)cc(Br)c1OCC(=O)Nc1ccc(C)cc1. The molecule has 2 aromatic carbocycles.